The molecule has 0 aliphatic carbocycles. The number of hydrogen-bond donors (Lipinski definition) is 0. The van der Waals surface area contributed by atoms with Gasteiger partial charge in [0.15, 0.2) is 5.17 Å². The van der Waals surface area contributed by atoms with E-state index in [2.05, 4.69) is 10.2 Å². The van der Waals surface area contributed by atoms with Gasteiger partial charge < -0.3 is 0 Å². The molecule has 0 atom stereocenters. The minimum absolute atomic E-state index is 0.0132. The maximum absolute atomic E-state index is 12.1. The molecule has 1 amide bonds. The molecule has 0 radical (unpaired) electrons. The molecule has 0 N–H and O–H groups in total. The van der Waals surface area contributed by atoms with Crippen LogP contribution in [0.15, 0.2) is 64.8 Å². The lowest BCUT2D eigenvalue weighted by Crippen LogP contribution is -2.28. The first-order chi connectivity index (χ1) is 11.1. The molecule has 1 fully saturated rings. The van der Waals surface area contributed by atoms with Crippen LogP contribution < -0.4 is 4.90 Å². The summed E-state index contributed by atoms with van der Waals surface area (Å²) < 4.78 is 0. The Kier molecular flexibility index (Phi) is 4.79. The average molecular weight is 344 g/mol. The molecular weight excluding hydrogens is 330 g/mol. The maximum atomic E-state index is 12.1. The molecule has 0 aromatic heterocycles. The highest BCUT2D eigenvalue weighted by molar-refractivity contribution is 8.15. The van der Waals surface area contributed by atoms with E-state index in [1.54, 1.807) is 4.90 Å². The van der Waals surface area contributed by atoms with Crippen molar-refractivity contribution in [2.45, 2.75) is 6.92 Å². The number of rotatable bonds is 3. The quantitative estimate of drug-likeness (QED) is 0.619. The van der Waals surface area contributed by atoms with Gasteiger partial charge in [0.25, 0.3) is 0 Å². The first-order valence-corrected chi connectivity index (χ1v) is 8.40. The van der Waals surface area contributed by atoms with E-state index in [9.17, 15) is 4.79 Å². The molecule has 0 unspecified atom stereocenters. The Balaban J connectivity index is 1.87. The largest absolute Gasteiger partial charge is 0.273 e. The molecule has 116 valence electrons. The normalized spacial score (nSPS) is 17.1. The Bertz CT molecular complexity index is 772. The summed E-state index contributed by atoms with van der Waals surface area (Å²) in [5.74, 6) is 0.391. The van der Waals surface area contributed by atoms with Gasteiger partial charge in [-0.15, -0.1) is 5.10 Å². The van der Waals surface area contributed by atoms with Crippen LogP contribution in [0.1, 0.15) is 12.5 Å². The molecule has 0 spiro atoms. The first kappa shape index (κ1) is 15.8. The number of amidine groups is 1. The average Bonchev–Trinajstić information content (AvgIpc) is 2.95. The summed E-state index contributed by atoms with van der Waals surface area (Å²) in [7, 11) is 0. The van der Waals surface area contributed by atoms with Gasteiger partial charge in [0.2, 0.25) is 5.91 Å². The second-order valence-corrected chi connectivity index (χ2v) is 6.31. The van der Waals surface area contributed by atoms with Crippen LogP contribution in [0.3, 0.4) is 0 Å². The van der Waals surface area contributed by atoms with Crippen molar-refractivity contribution in [1.29, 1.82) is 0 Å². The van der Waals surface area contributed by atoms with E-state index in [1.165, 1.54) is 11.8 Å². The van der Waals surface area contributed by atoms with E-state index < -0.39 is 0 Å². The summed E-state index contributed by atoms with van der Waals surface area (Å²) in [6.07, 6.45) is 0. The molecule has 1 heterocycles. The van der Waals surface area contributed by atoms with Crippen LogP contribution in [-0.2, 0) is 4.79 Å². The predicted molar refractivity (Wildman–Crippen MR) is 97.5 cm³/mol. The minimum Gasteiger partial charge on any atom is -0.273 e. The first-order valence-electron chi connectivity index (χ1n) is 7.04. The van der Waals surface area contributed by atoms with Gasteiger partial charge in [0.05, 0.1) is 17.2 Å². The van der Waals surface area contributed by atoms with E-state index >= 15 is 0 Å². The van der Waals surface area contributed by atoms with E-state index in [0.717, 1.165) is 17.0 Å². The Hall–Kier alpha value is -2.11. The van der Waals surface area contributed by atoms with Crippen molar-refractivity contribution in [3.8, 4) is 0 Å². The van der Waals surface area contributed by atoms with Crippen LogP contribution >= 0.6 is 23.4 Å². The third-order valence-corrected chi connectivity index (χ3v) is 4.49. The van der Waals surface area contributed by atoms with Gasteiger partial charge in [-0.05, 0) is 36.8 Å². The molecule has 1 aliphatic heterocycles. The lowest BCUT2D eigenvalue weighted by Gasteiger charge is -2.14. The van der Waals surface area contributed by atoms with E-state index in [-0.39, 0.29) is 5.91 Å². The van der Waals surface area contributed by atoms with Crippen LogP contribution in [0, 0.1) is 0 Å². The molecule has 1 aliphatic rings. The van der Waals surface area contributed by atoms with Crippen molar-refractivity contribution in [2.24, 2.45) is 10.2 Å². The third-order valence-electron chi connectivity index (χ3n) is 3.33. The van der Waals surface area contributed by atoms with Gasteiger partial charge in [0, 0.05) is 5.02 Å². The number of thioether (sulfide) groups is 1. The maximum Gasteiger partial charge on any atom is 0.243 e. The molecule has 2 aromatic carbocycles. The molecule has 0 saturated carbocycles. The van der Waals surface area contributed by atoms with Gasteiger partial charge in [-0.25, -0.2) is 0 Å². The van der Waals surface area contributed by atoms with Crippen LogP contribution in [0.4, 0.5) is 5.69 Å². The zero-order chi connectivity index (χ0) is 16.2. The Labute approximate surface area is 143 Å². The minimum atomic E-state index is 0.0132. The van der Waals surface area contributed by atoms with Crippen molar-refractivity contribution >= 4 is 45.8 Å². The van der Waals surface area contributed by atoms with E-state index in [1.807, 2.05) is 61.5 Å². The topological polar surface area (TPSA) is 45.0 Å². The van der Waals surface area contributed by atoms with E-state index in [4.69, 9.17) is 11.6 Å². The summed E-state index contributed by atoms with van der Waals surface area (Å²) in [5, 5.41) is 9.81. The smallest absolute Gasteiger partial charge is 0.243 e. The van der Waals surface area contributed by atoms with Crippen molar-refractivity contribution < 1.29 is 4.79 Å². The molecule has 0 bridgehead atoms. The summed E-state index contributed by atoms with van der Waals surface area (Å²) in [6, 6.07) is 16.9. The molecule has 4 nitrogen and oxygen atoms in total. The second-order valence-electron chi connectivity index (χ2n) is 4.93. The monoisotopic (exact) mass is 343 g/mol. The van der Waals surface area contributed by atoms with E-state index in [0.29, 0.717) is 15.9 Å². The zero-order valence-electron chi connectivity index (χ0n) is 12.4. The lowest BCUT2D eigenvalue weighted by molar-refractivity contribution is -0.115. The fourth-order valence-electron chi connectivity index (χ4n) is 2.13. The number of anilines is 1. The van der Waals surface area contributed by atoms with Gasteiger partial charge in [-0.2, -0.15) is 5.10 Å². The second kappa shape index (κ2) is 6.98. The molecule has 2 aromatic rings. The number of nitrogens with zero attached hydrogens (tertiary/aromatic N) is 3. The fourth-order valence-corrected chi connectivity index (χ4v) is 3.08. The van der Waals surface area contributed by atoms with Crippen molar-refractivity contribution in [3.05, 3.63) is 65.2 Å². The van der Waals surface area contributed by atoms with Crippen LogP contribution in [0.25, 0.3) is 0 Å². The number of carbonyl (C=O) groups excluding carboxylic acids is 1. The van der Waals surface area contributed by atoms with Crippen molar-refractivity contribution in [3.63, 3.8) is 0 Å². The summed E-state index contributed by atoms with van der Waals surface area (Å²) >= 11 is 7.28. The van der Waals surface area contributed by atoms with Crippen molar-refractivity contribution in [2.75, 3.05) is 10.7 Å². The standard InChI is InChI=1S/C17H14ClN3OS/c1-12(13-7-9-14(18)10-8-13)19-20-17-21(16(22)11-23-17)15-5-3-2-4-6-15/h2-10H,11H2,1H3/b19-12+,20-17+. The SMILES string of the molecule is C/C(=N\N=C1\SCC(=O)N1c1ccccc1)c1ccc(Cl)cc1. The van der Waals surface area contributed by atoms with Crippen LogP contribution in [0.2, 0.25) is 5.02 Å². The highest BCUT2D eigenvalue weighted by atomic mass is 35.5. The molecule has 3 rings (SSSR count). The fraction of sp³-hybridized carbons (Fsp3) is 0.118. The molecule has 6 heteroatoms. The number of hydrogen-bond acceptors (Lipinski definition) is 4. The van der Waals surface area contributed by atoms with Gasteiger partial charge in [-0.1, -0.05) is 53.7 Å². The third kappa shape index (κ3) is 3.63. The van der Waals surface area contributed by atoms with Gasteiger partial charge in [-0.3, -0.25) is 9.69 Å². The van der Waals surface area contributed by atoms with Crippen LogP contribution in [0.5, 0.6) is 0 Å². The molecule has 23 heavy (non-hydrogen) atoms. The highest BCUT2D eigenvalue weighted by Crippen LogP contribution is 2.26. The van der Waals surface area contributed by atoms with Crippen molar-refractivity contribution in [1.82, 2.24) is 0 Å². The Morgan fingerprint density at radius 2 is 1.83 bits per heavy atom. The zero-order valence-corrected chi connectivity index (χ0v) is 14.0. The summed E-state index contributed by atoms with van der Waals surface area (Å²) in [6.45, 7) is 1.88. The molecule has 1 saturated heterocycles. The summed E-state index contributed by atoms with van der Waals surface area (Å²) in [4.78, 5) is 13.7. The van der Waals surface area contributed by atoms with Gasteiger partial charge in [0.1, 0.15) is 0 Å². The number of carbonyl (C=O) groups is 1. The number of para-hydroxylation sites is 1. The van der Waals surface area contributed by atoms with Crippen LogP contribution in [-0.4, -0.2) is 22.5 Å². The Morgan fingerprint density at radius 1 is 1.13 bits per heavy atom. The Morgan fingerprint density at radius 3 is 2.52 bits per heavy atom. The highest BCUT2D eigenvalue weighted by Gasteiger charge is 2.29. The molecular formula is C17H14ClN3OS. The number of amides is 1. The lowest BCUT2D eigenvalue weighted by atomic mass is 10.1. The van der Waals surface area contributed by atoms with Gasteiger partial charge >= 0.3 is 0 Å². The predicted octanol–water partition coefficient (Wildman–Crippen LogP) is 4.20. The number of benzene rings is 2. The number of halogens is 1. The summed E-state index contributed by atoms with van der Waals surface area (Å²) in [5.41, 5.74) is 2.52.